The Bertz CT molecular complexity index is 831. The van der Waals surface area contributed by atoms with Crippen LogP contribution in [0.2, 0.25) is 0 Å². The molecular weight excluding hydrogens is 326 g/mol. The second kappa shape index (κ2) is 6.92. The van der Waals surface area contributed by atoms with Crippen molar-refractivity contribution in [3.8, 4) is 0 Å². The molecule has 26 heavy (non-hydrogen) atoms. The molecule has 0 spiro atoms. The summed E-state index contributed by atoms with van der Waals surface area (Å²) >= 11 is 0. The number of hydrogen-bond acceptors (Lipinski definition) is 3. The van der Waals surface area contributed by atoms with E-state index in [0.29, 0.717) is 17.8 Å². The lowest BCUT2D eigenvalue weighted by atomic mass is 10.1. The van der Waals surface area contributed by atoms with Crippen LogP contribution in [0, 0.1) is 5.92 Å². The number of benzene rings is 2. The molecule has 2 aromatic carbocycles. The third-order valence-corrected chi connectivity index (χ3v) is 5.38. The van der Waals surface area contributed by atoms with Crippen molar-refractivity contribution in [2.75, 3.05) is 16.8 Å². The first-order chi connectivity index (χ1) is 12.6. The molecule has 0 radical (unpaired) electrons. The Labute approximate surface area is 153 Å². The van der Waals surface area contributed by atoms with E-state index in [1.54, 1.807) is 24.3 Å². The summed E-state index contributed by atoms with van der Waals surface area (Å²) in [5.74, 6) is 0.00694. The molecule has 5 heteroatoms. The zero-order valence-corrected chi connectivity index (χ0v) is 14.7. The Hall–Kier alpha value is -2.66. The predicted molar refractivity (Wildman–Crippen MR) is 102 cm³/mol. The van der Waals surface area contributed by atoms with Gasteiger partial charge in [-0.3, -0.25) is 9.59 Å². The minimum absolute atomic E-state index is 0.00501. The Kier molecular flexibility index (Phi) is 4.47. The van der Waals surface area contributed by atoms with Crippen LogP contribution in [-0.4, -0.2) is 24.4 Å². The van der Waals surface area contributed by atoms with E-state index in [2.05, 4.69) is 11.4 Å². The van der Waals surface area contributed by atoms with Gasteiger partial charge in [0.05, 0.1) is 0 Å². The molecule has 5 nitrogen and oxygen atoms in total. The maximum Gasteiger partial charge on any atom is 0.258 e. The molecule has 2 aromatic rings. The van der Waals surface area contributed by atoms with Gasteiger partial charge in [0.15, 0.2) is 0 Å². The molecule has 3 N–H and O–H groups in total. The standard InChI is InChI=1S/C21H23N3O2/c22-17-8-5-16(13-17)20(25)23-18-9-6-15(7-10-18)21(26)24-12-11-14-3-1-2-4-19(14)24/h1-4,6-7,9-10,16-17H,5,8,11-13,22H2,(H,23,25). The number of para-hydroxylation sites is 1. The van der Waals surface area contributed by atoms with Crippen molar-refractivity contribution in [1.82, 2.24) is 0 Å². The average molecular weight is 349 g/mol. The molecule has 134 valence electrons. The largest absolute Gasteiger partial charge is 0.328 e. The van der Waals surface area contributed by atoms with Gasteiger partial charge in [0.25, 0.3) is 5.91 Å². The molecule has 1 heterocycles. The summed E-state index contributed by atoms with van der Waals surface area (Å²) in [7, 11) is 0. The van der Waals surface area contributed by atoms with Crippen LogP contribution in [0.4, 0.5) is 11.4 Å². The molecule has 0 bridgehead atoms. The number of rotatable bonds is 3. The highest BCUT2D eigenvalue weighted by Gasteiger charge is 2.28. The fourth-order valence-electron chi connectivity index (χ4n) is 3.90. The second-order valence-electron chi connectivity index (χ2n) is 7.17. The molecule has 0 saturated heterocycles. The first-order valence-electron chi connectivity index (χ1n) is 9.18. The summed E-state index contributed by atoms with van der Waals surface area (Å²) in [6.07, 6.45) is 3.39. The average Bonchev–Trinajstić information content (AvgIpc) is 3.28. The lowest BCUT2D eigenvalue weighted by molar-refractivity contribution is -0.119. The topological polar surface area (TPSA) is 75.4 Å². The maximum absolute atomic E-state index is 12.8. The number of amides is 2. The summed E-state index contributed by atoms with van der Waals surface area (Å²) in [5, 5.41) is 2.94. The zero-order chi connectivity index (χ0) is 18.1. The summed E-state index contributed by atoms with van der Waals surface area (Å²) in [6, 6.07) is 15.3. The molecule has 0 aromatic heterocycles. The molecule has 2 aliphatic rings. The van der Waals surface area contributed by atoms with Crippen molar-refractivity contribution >= 4 is 23.2 Å². The van der Waals surface area contributed by atoms with Gasteiger partial charge in [-0.25, -0.2) is 0 Å². The van der Waals surface area contributed by atoms with Gasteiger partial charge in [0.2, 0.25) is 5.91 Å². The van der Waals surface area contributed by atoms with Crippen molar-refractivity contribution in [2.24, 2.45) is 11.7 Å². The van der Waals surface area contributed by atoms with Crippen molar-refractivity contribution in [2.45, 2.75) is 31.7 Å². The van der Waals surface area contributed by atoms with Gasteiger partial charge in [0.1, 0.15) is 0 Å². The normalized spacial score (nSPS) is 21.5. The number of nitrogens with two attached hydrogens (primary N) is 1. The third-order valence-electron chi connectivity index (χ3n) is 5.38. The molecule has 1 aliphatic carbocycles. The van der Waals surface area contributed by atoms with Crippen LogP contribution in [0.3, 0.4) is 0 Å². The van der Waals surface area contributed by atoms with Crippen molar-refractivity contribution in [3.63, 3.8) is 0 Å². The van der Waals surface area contributed by atoms with E-state index in [0.717, 1.165) is 31.4 Å². The lowest BCUT2D eigenvalue weighted by Gasteiger charge is -2.17. The first kappa shape index (κ1) is 16.8. The molecule has 1 aliphatic heterocycles. The number of anilines is 2. The van der Waals surface area contributed by atoms with E-state index in [4.69, 9.17) is 5.73 Å². The van der Waals surface area contributed by atoms with Crippen LogP contribution in [0.1, 0.15) is 35.2 Å². The minimum Gasteiger partial charge on any atom is -0.328 e. The Morgan fingerprint density at radius 2 is 1.81 bits per heavy atom. The van der Waals surface area contributed by atoms with Crippen LogP contribution < -0.4 is 16.0 Å². The van der Waals surface area contributed by atoms with E-state index in [1.165, 1.54) is 5.56 Å². The lowest BCUT2D eigenvalue weighted by Crippen LogP contribution is -2.28. The van der Waals surface area contributed by atoms with Crippen LogP contribution in [0.25, 0.3) is 0 Å². The van der Waals surface area contributed by atoms with Gasteiger partial charge in [-0.05, 0) is 61.6 Å². The van der Waals surface area contributed by atoms with Crippen molar-refractivity contribution < 1.29 is 9.59 Å². The van der Waals surface area contributed by atoms with Crippen LogP contribution in [-0.2, 0) is 11.2 Å². The van der Waals surface area contributed by atoms with Gasteiger partial charge < -0.3 is 16.0 Å². The summed E-state index contributed by atoms with van der Waals surface area (Å²) in [6.45, 7) is 0.707. The monoisotopic (exact) mass is 349 g/mol. The van der Waals surface area contributed by atoms with Crippen LogP contribution >= 0.6 is 0 Å². The van der Waals surface area contributed by atoms with E-state index in [1.807, 2.05) is 23.1 Å². The zero-order valence-electron chi connectivity index (χ0n) is 14.7. The number of fused-ring (bicyclic) bond motifs is 1. The van der Waals surface area contributed by atoms with E-state index < -0.39 is 0 Å². The van der Waals surface area contributed by atoms with E-state index in [9.17, 15) is 9.59 Å². The summed E-state index contributed by atoms with van der Waals surface area (Å²) < 4.78 is 0. The molecular formula is C21H23N3O2. The van der Waals surface area contributed by atoms with Gasteiger partial charge in [-0.1, -0.05) is 18.2 Å². The number of hydrogen-bond donors (Lipinski definition) is 2. The Morgan fingerprint density at radius 3 is 2.54 bits per heavy atom. The fourth-order valence-corrected chi connectivity index (χ4v) is 3.90. The highest BCUT2D eigenvalue weighted by atomic mass is 16.2. The summed E-state index contributed by atoms with van der Waals surface area (Å²) in [4.78, 5) is 26.9. The second-order valence-corrected chi connectivity index (χ2v) is 7.17. The van der Waals surface area contributed by atoms with Crippen LogP contribution in [0.15, 0.2) is 48.5 Å². The van der Waals surface area contributed by atoms with Gasteiger partial charge in [-0.2, -0.15) is 0 Å². The number of carbonyl (C=O) groups is 2. The van der Waals surface area contributed by atoms with Gasteiger partial charge >= 0.3 is 0 Å². The first-order valence-corrected chi connectivity index (χ1v) is 9.18. The maximum atomic E-state index is 12.8. The van der Waals surface area contributed by atoms with Crippen molar-refractivity contribution in [3.05, 3.63) is 59.7 Å². The highest BCUT2D eigenvalue weighted by molar-refractivity contribution is 6.07. The third kappa shape index (κ3) is 3.22. The SMILES string of the molecule is NC1CCC(C(=O)Nc2ccc(C(=O)N3CCc4ccccc43)cc2)C1. The Balaban J connectivity index is 1.43. The molecule has 2 atom stereocenters. The smallest absolute Gasteiger partial charge is 0.258 e. The van der Waals surface area contributed by atoms with Crippen molar-refractivity contribution in [1.29, 1.82) is 0 Å². The quantitative estimate of drug-likeness (QED) is 0.894. The summed E-state index contributed by atoms with van der Waals surface area (Å²) in [5.41, 5.74) is 9.43. The molecule has 1 saturated carbocycles. The number of carbonyl (C=O) groups excluding carboxylic acids is 2. The predicted octanol–water partition coefficient (Wildman–Crippen LogP) is 2.96. The van der Waals surface area contributed by atoms with Crippen LogP contribution in [0.5, 0.6) is 0 Å². The molecule has 1 fully saturated rings. The highest BCUT2D eigenvalue weighted by Crippen LogP contribution is 2.29. The molecule has 2 unspecified atom stereocenters. The fraction of sp³-hybridized carbons (Fsp3) is 0.333. The molecule has 4 rings (SSSR count). The minimum atomic E-state index is -0.00703. The van der Waals surface area contributed by atoms with E-state index >= 15 is 0 Å². The number of nitrogens with zero attached hydrogens (tertiary/aromatic N) is 1. The van der Waals surface area contributed by atoms with Gasteiger partial charge in [0, 0.05) is 35.4 Å². The number of nitrogens with one attached hydrogen (secondary N) is 1. The Morgan fingerprint density at radius 1 is 1.04 bits per heavy atom. The van der Waals surface area contributed by atoms with E-state index in [-0.39, 0.29) is 23.8 Å². The van der Waals surface area contributed by atoms with Gasteiger partial charge in [-0.15, -0.1) is 0 Å². The molecule has 2 amide bonds.